The third kappa shape index (κ3) is 4.50. The molecule has 1 rings (SSSR count). The van der Waals surface area contributed by atoms with Gasteiger partial charge in [-0.2, -0.15) is 13.1 Å². The number of anilines is 1. The van der Waals surface area contributed by atoms with Gasteiger partial charge < -0.3 is 5.11 Å². The molecule has 0 radical (unpaired) electrons. The fourth-order valence-electron chi connectivity index (χ4n) is 1.04. The molecule has 90 valence electrons. The molecule has 0 saturated heterocycles. The van der Waals surface area contributed by atoms with Gasteiger partial charge in [-0.15, -0.1) is 0 Å². The Morgan fingerprint density at radius 2 is 2.06 bits per heavy atom. The molecular formula is C10H16N2O3S. The number of benzene rings is 1. The summed E-state index contributed by atoms with van der Waals surface area (Å²) >= 11 is 0. The first kappa shape index (κ1) is 12.8. The molecule has 5 nitrogen and oxygen atoms in total. The number of rotatable bonds is 5. The fraction of sp³-hybridized carbons (Fsp3) is 0.400. The Morgan fingerprint density at radius 1 is 1.38 bits per heavy atom. The molecule has 0 aromatic heterocycles. The third-order valence-electron chi connectivity index (χ3n) is 1.78. The van der Waals surface area contributed by atoms with Gasteiger partial charge in [-0.1, -0.05) is 19.9 Å². The summed E-state index contributed by atoms with van der Waals surface area (Å²) < 4.78 is 27.7. The number of phenols is 1. The monoisotopic (exact) mass is 244 g/mol. The highest BCUT2D eigenvalue weighted by atomic mass is 32.2. The normalized spacial score (nSPS) is 11.7. The van der Waals surface area contributed by atoms with Crippen LogP contribution in [0.1, 0.15) is 13.8 Å². The Hall–Kier alpha value is -1.27. The maximum absolute atomic E-state index is 11.5. The second-order valence-electron chi connectivity index (χ2n) is 3.90. The van der Waals surface area contributed by atoms with Gasteiger partial charge in [0.2, 0.25) is 0 Å². The molecule has 0 saturated carbocycles. The Bertz CT molecular complexity index is 443. The van der Waals surface area contributed by atoms with Gasteiger partial charge in [0.05, 0.1) is 5.69 Å². The molecule has 1 aromatic carbocycles. The van der Waals surface area contributed by atoms with Crippen LogP contribution in [-0.2, 0) is 10.2 Å². The topological polar surface area (TPSA) is 78.4 Å². The third-order valence-corrected chi connectivity index (χ3v) is 2.83. The molecule has 0 aliphatic carbocycles. The molecule has 3 N–H and O–H groups in total. The minimum atomic E-state index is -3.56. The lowest BCUT2D eigenvalue weighted by Crippen LogP contribution is -2.32. The van der Waals surface area contributed by atoms with Crippen molar-refractivity contribution in [3.8, 4) is 5.75 Å². The van der Waals surface area contributed by atoms with Crippen LogP contribution >= 0.6 is 0 Å². The van der Waals surface area contributed by atoms with Gasteiger partial charge >= 0.3 is 0 Å². The van der Waals surface area contributed by atoms with E-state index in [2.05, 4.69) is 9.44 Å². The zero-order chi connectivity index (χ0) is 12.2. The zero-order valence-corrected chi connectivity index (χ0v) is 10.1. The van der Waals surface area contributed by atoms with Gasteiger partial charge in [-0.05, 0) is 18.1 Å². The van der Waals surface area contributed by atoms with E-state index in [1.165, 1.54) is 12.1 Å². The van der Waals surface area contributed by atoms with Crippen LogP contribution in [0.5, 0.6) is 5.75 Å². The summed E-state index contributed by atoms with van der Waals surface area (Å²) in [6, 6.07) is 5.94. The highest BCUT2D eigenvalue weighted by Gasteiger charge is 2.09. The Balaban J connectivity index is 2.66. The van der Waals surface area contributed by atoms with Gasteiger partial charge in [0.1, 0.15) is 5.75 Å². The van der Waals surface area contributed by atoms with E-state index in [9.17, 15) is 13.5 Å². The Kier molecular flexibility index (Phi) is 4.14. The molecule has 0 aliphatic heterocycles. The zero-order valence-electron chi connectivity index (χ0n) is 9.27. The number of aromatic hydroxyl groups is 1. The number of nitrogens with one attached hydrogen (secondary N) is 2. The summed E-state index contributed by atoms with van der Waals surface area (Å²) in [5, 5.41) is 9.17. The highest BCUT2D eigenvalue weighted by molar-refractivity contribution is 7.90. The average Bonchev–Trinajstić information content (AvgIpc) is 2.14. The molecule has 0 fully saturated rings. The maximum Gasteiger partial charge on any atom is 0.299 e. The predicted molar refractivity (Wildman–Crippen MR) is 63.5 cm³/mol. The average molecular weight is 244 g/mol. The minimum Gasteiger partial charge on any atom is -0.508 e. The van der Waals surface area contributed by atoms with Crippen LogP contribution in [0, 0.1) is 5.92 Å². The van der Waals surface area contributed by atoms with E-state index in [1.54, 1.807) is 12.1 Å². The molecule has 0 spiro atoms. The number of hydrogen-bond acceptors (Lipinski definition) is 3. The van der Waals surface area contributed by atoms with Crippen molar-refractivity contribution in [3.63, 3.8) is 0 Å². The van der Waals surface area contributed by atoms with Crippen molar-refractivity contribution >= 4 is 15.9 Å². The summed E-state index contributed by atoms with van der Waals surface area (Å²) in [4.78, 5) is 0. The molecule has 0 atom stereocenters. The van der Waals surface area contributed by atoms with Crippen molar-refractivity contribution in [3.05, 3.63) is 24.3 Å². The van der Waals surface area contributed by atoms with E-state index < -0.39 is 10.2 Å². The Labute approximate surface area is 95.7 Å². The molecule has 0 bridgehead atoms. The SMILES string of the molecule is CC(C)CNS(=O)(=O)Nc1cccc(O)c1. The van der Waals surface area contributed by atoms with E-state index >= 15 is 0 Å². The van der Waals surface area contributed by atoms with Gasteiger partial charge in [0, 0.05) is 12.6 Å². The van der Waals surface area contributed by atoms with Crippen LogP contribution in [0.15, 0.2) is 24.3 Å². The lowest BCUT2D eigenvalue weighted by molar-refractivity contribution is 0.475. The second kappa shape index (κ2) is 5.18. The molecule has 0 aliphatic rings. The summed E-state index contributed by atoms with van der Waals surface area (Å²) in [5.41, 5.74) is 0.330. The maximum atomic E-state index is 11.5. The smallest absolute Gasteiger partial charge is 0.299 e. The first-order valence-electron chi connectivity index (χ1n) is 4.95. The van der Waals surface area contributed by atoms with Crippen molar-refractivity contribution < 1.29 is 13.5 Å². The number of hydrogen-bond donors (Lipinski definition) is 3. The predicted octanol–water partition coefficient (Wildman–Crippen LogP) is 1.29. The molecule has 1 aromatic rings. The molecular weight excluding hydrogens is 228 g/mol. The summed E-state index contributed by atoms with van der Waals surface area (Å²) in [6.07, 6.45) is 0. The highest BCUT2D eigenvalue weighted by Crippen LogP contribution is 2.16. The van der Waals surface area contributed by atoms with Crippen molar-refractivity contribution in [1.82, 2.24) is 4.72 Å². The van der Waals surface area contributed by atoms with E-state index in [0.717, 1.165) is 0 Å². The van der Waals surface area contributed by atoms with Crippen LogP contribution in [-0.4, -0.2) is 20.1 Å². The van der Waals surface area contributed by atoms with Crippen LogP contribution in [0.2, 0.25) is 0 Å². The summed E-state index contributed by atoms with van der Waals surface area (Å²) in [6.45, 7) is 4.20. The lowest BCUT2D eigenvalue weighted by Gasteiger charge is -2.10. The number of phenolic OH excluding ortho intramolecular Hbond substituents is 1. The molecule has 0 amide bonds. The largest absolute Gasteiger partial charge is 0.508 e. The van der Waals surface area contributed by atoms with E-state index in [-0.39, 0.29) is 11.7 Å². The van der Waals surface area contributed by atoms with Crippen molar-refractivity contribution in [2.24, 2.45) is 5.92 Å². The van der Waals surface area contributed by atoms with Gasteiger partial charge in [0.15, 0.2) is 0 Å². The van der Waals surface area contributed by atoms with Gasteiger partial charge in [0.25, 0.3) is 10.2 Å². The van der Waals surface area contributed by atoms with Crippen molar-refractivity contribution in [2.45, 2.75) is 13.8 Å². The molecule has 0 heterocycles. The van der Waals surface area contributed by atoms with Crippen molar-refractivity contribution in [2.75, 3.05) is 11.3 Å². The summed E-state index contributed by atoms with van der Waals surface area (Å²) in [5.74, 6) is 0.254. The van der Waals surface area contributed by atoms with Gasteiger partial charge in [-0.25, -0.2) is 0 Å². The van der Waals surface area contributed by atoms with Crippen LogP contribution in [0.4, 0.5) is 5.69 Å². The quantitative estimate of drug-likeness (QED) is 0.730. The Morgan fingerprint density at radius 3 is 2.62 bits per heavy atom. The van der Waals surface area contributed by atoms with E-state index in [0.29, 0.717) is 12.2 Å². The van der Waals surface area contributed by atoms with Gasteiger partial charge in [-0.3, -0.25) is 4.72 Å². The van der Waals surface area contributed by atoms with Crippen LogP contribution in [0.3, 0.4) is 0 Å². The van der Waals surface area contributed by atoms with E-state index in [4.69, 9.17) is 0 Å². The second-order valence-corrected chi connectivity index (χ2v) is 5.40. The van der Waals surface area contributed by atoms with Crippen molar-refractivity contribution in [1.29, 1.82) is 0 Å². The molecule has 16 heavy (non-hydrogen) atoms. The molecule has 0 unspecified atom stereocenters. The summed E-state index contributed by atoms with van der Waals surface area (Å²) in [7, 11) is -3.56. The first-order chi connectivity index (χ1) is 7.39. The minimum absolute atomic E-state index is 0.0176. The standard InChI is InChI=1S/C10H16N2O3S/c1-8(2)7-11-16(14,15)12-9-4-3-5-10(13)6-9/h3-6,8,11-13H,7H2,1-2H3. The van der Waals surface area contributed by atoms with Crippen LogP contribution in [0.25, 0.3) is 0 Å². The van der Waals surface area contributed by atoms with Crippen LogP contribution < -0.4 is 9.44 Å². The first-order valence-corrected chi connectivity index (χ1v) is 6.44. The van der Waals surface area contributed by atoms with E-state index in [1.807, 2.05) is 13.8 Å². The lowest BCUT2D eigenvalue weighted by atomic mass is 10.2. The fourth-order valence-corrected chi connectivity index (χ4v) is 2.10. The molecule has 6 heteroatoms.